The molecule has 1 saturated carbocycles. The van der Waals surface area contributed by atoms with Crippen LogP contribution in [0.15, 0.2) is 0 Å². The molecule has 1 amide bonds. The van der Waals surface area contributed by atoms with Crippen molar-refractivity contribution < 1.29 is 14.7 Å². The van der Waals surface area contributed by atoms with Crippen LogP contribution < -0.4 is 10.6 Å². The molecule has 0 aromatic carbocycles. The first-order valence-electron chi connectivity index (χ1n) is 5.68. The van der Waals surface area contributed by atoms with Crippen LogP contribution in [0.4, 0.5) is 0 Å². The Morgan fingerprint density at radius 1 is 1.50 bits per heavy atom. The van der Waals surface area contributed by atoms with E-state index < -0.39 is 11.4 Å². The maximum absolute atomic E-state index is 11.5. The van der Waals surface area contributed by atoms with Crippen LogP contribution in [0.5, 0.6) is 0 Å². The van der Waals surface area contributed by atoms with Gasteiger partial charge in [-0.25, -0.2) is 0 Å². The molecule has 0 heterocycles. The van der Waals surface area contributed by atoms with Crippen molar-refractivity contribution in [1.29, 1.82) is 0 Å². The largest absolute Gasteiger partial charge is 0.481 e. The summed E-state index contributed by atoms with van der Waals surface area (Å²) in [4.78, 5) is 22.7. The molecular formula is C11H20N2O3. The average molecular weight is 228 g/mol. The first-order valence-corrected chi connectivity index (χ1v) is 5.68. The molecule has 0 saturated heterocycles. The van der Waals surface area contributed by atoms with E-state index in [2.05, 4.69) is 10.6 Å². The number of aliphatic carboxylic acids is 1. The molecule has 16 heavy (non-hydrogen) atoms. The Hall–Kier alpha value is -1.10. The van der Waals surface area contributed by atoms with Crippen LogP contribution in [0.2, 0.25) is 0 Å². The van der Waals surface area contributed by atoms with Gasteiger partial charge in [0.1, 0.15) is 0 Å². The van der Waals surface area contributed by atoms with Gasteiger partial charge in [0.05, 0.1) is 5.41 Å². The summed E-state index contributed by atoms with van der Waals surface area (Å²) in [5.41, 5.74) is -0.796. The fraction of sp³-hybridized carbons (Fsp3) is 0.818. The number of carbonyl (C=O) groups excluding carboxylic acids is 1. The van der Waals surface area contributed by atoms with Crippen LogP contribution in [0.3, 0.4) is 0 Å². The van der Waals surface area contributed by atoms with Crippen molar-refractivity contribution in [2.24, 2.45) is 5.41 Å². The molecule has 1 aliphatic rings. The molecule has 0 aliphatic heterocycles. The number of hydrogen-bond acceptors (Lipinski definition) is 3. The van der Waals surface area contributed by atoms with Gasteiger partial charge in [-0.2, -0.15) is 0 Å². The van der Waals surface area contributed by atoms with Crippen LogP contribution in [-0.4, -0.2) is 36.6 Å². The minimum absolute atomic E-state index is 0.0753. The van der Waals surface area contributed by atoms with Gasteiger partial charge in [0, 0.05) is 19.0 Å². The standard InChI is InChI=1S/C11H20N2O3/c1-11(10(15)16)6-3-4-8(11)13-9(14)5-7-12-2/h8,12H,3-7H2,1-2H3,(H,13,14)(H,15,16). The predicted molar refractivity (Wildman–Crippen MR) is 60.1 cm³/mol. The Morgan fingerprint density at radius 3 is 2.75 bits per heavy atom. The zero-order valence-corrected chi connectivity index (χ0v) is 9.88. The van der Waals surface area contributed by atoms with Gasteiger partial charge < -0.3 is 15.7 Å². The smallest absolute Gasteiger partial charge is 0.311 e. The molecule has 92 valence electrons. The third-order valence-corrected chi connectivity index (χ3v) is 3.38. The lowest BCUT2D eigenvalue weighted by molar-refractivity contribution is -0.149. The minimum atomic E-state index is -0.816. The molecule has 0 radical (unpaired) electrons. The topological polar surface area (TPSA) is 78.4 Å². The number of nitrogens with one attached hydrogen (secondary N) is 2. The highest BCUT2D eigenvalue weighted by Crippen LogP contribution is 2.38. The Bertz CT molecular complexity index is 280. The van der Waals surface area contributed by atoms with E-state index in [9.17, 15) is 9.59 Å². The van der Waals surface area contributed by atoms with E-state index in [1.807, 2.05) is 0 Å². The van der Waals surface area contributed by atoms with Gasteiger partial charge >= 0.3 is 5.97 Å². The predicted octanol–water partition coefficient (Wildman–Crippen LogP) is 0.355. The Balaban J connectivity index is 2.53. The second kappa shape index (κ2) is 5.30. The highest BCUT2D eigenvalue weighted by molar-refractivity contribution is 5.80. The van der Waals surface area contributed by atoms with Gasteiger partial charge in [-0.1, -0.05) is 6.42 Å². The van der Waals surface area contributed by atoms with Crippen LogP contribution in [-0.2, 0) is 9.59 Å². The maximum atomic E-state index is 11.5. The molecule has 0 spiro atoms. The van der Waals surface area contributed by atoms with Gasteiger partial charge in [0.15, 0.2) is 0 Å². The minimum Gasteiger partial charge on any atom is -0.481 e. The molecule has 5 nitrogen and oxygen atoms in total. The summed E-state index contributed by atoms with van der Waals surface area (Å²) in [6, 6.07) is -0.227. The van der Waals surface area contributed by atoms with E-state index >= 15 is 0 Å². The Morgan fingerprint density at radius 2 is 2.19 bits per heavy atom. The van der Waals surface area contributed by atoms with Crippen molar-refractivity contribution in [2.45, 2.75) is 38.6 Å². The molecule has 0 aromatic heterocycles. The first kappa shape index (κ1) is 13.0. The number of carboxylic acid groups (broad SMARTS) is 1. The monoisotopic (exact) mass is 228 g/mol. The molecule has 1 rings (SSSR count). The highest BCUT2D eigenvalue weighted by atomic mass is 16.4. The van der Waals surface area contributed by atoms with Crippen LogP contribution in [0.25, 0.3) is 0 Å². The Labute approximate surface area is 95.6 Å². The average Bonchev–Trinajstić information content (AvgIpc) is 2.59. The molecule has 1 fully saturated rings. The van der Waals surface area contributed by atoms with E-state index in [0.29, 0.717) is 19.4 Å². The van der Waals surface area contributed by atoms with Crippen LogP contribution in [0, 0.1) is 5.41 Å². The molecular weight excluding hydrogens is 208 g/mol. The summed E-state index contributed by atoms with van der Waals surface area (Å²) in [7, 11) is 1.78. The second-order valence-corrected chi connectivity index (χ2v) is 4.59. The lowest BCUT2D eigenvalue weighted by atomic mass is 9.85. The number of amides is 1. The molecule has 0 aromatic rings. The van der Waals surface area contributed by atoms with E-state index in [-0.39, 0.29) is 11.9 Å². The summed E-state index contributed by atoms with van der Waals surface area (Å²) in [5, 5.41) is 14.9. The quantitative estimate of drug-likeness (QED) is 0.634. The number of rotatable bonds is 5. The zero-order chi connectivity index (χ0) is 12.2. The first-order chi connectivity index (χ1) is 7.50. The SMILES string of the molecule is CNCCC(=O)NC1CCCC1(C)C(=O)O. The van der Waals surface area contributed by atoms with E-state index in [1.54, 1.807) is 14.0 Å². The lowest BCUT2D eigenvalue weighted by Crippen LogP contribution is -2.47. The molecule has 3 N–H and O–H groups in total. The van der Waals surface area contributed by atoms with Gasteiger partial charge in [0.2, 0.25) is 5.91 Å². The van der Waals surface area contributed by atoms with Gasteiger partial charge in [-0.05, 0) is 26.8 Å². The fourth-order valence-corrected chi connectivity index (χ4v) is 2.16. The van der Waals surface area contributed by atoms with Crippen LogP contribution in [0.1, 0.15) is 32.6 Å². The van der Waals surface area contributed by atoms with Gasteiger partial charge in [0.25, 0.3) is 0 Å². The summed E-state index contributed by atoms with van der Waals surface area (Å²) in [5.74, 6) is -0.891. The molecule has 5 heteroatoms. The van der Waals surface area contributed by atoms with Crippen molar-refractivity contribution in [2.75, 3.05) is 13.6 Å². The van der Waals surface area contributed by atoms with Crippen molar-refractivity contribution in [3.8, 4) is 0 Å². The molecule has 2 atom stereocenters. The third kappa shape index (κ3) is 2.72. The van der Waals surface area contributed by atoms with Crippen LogP contribution >= 0.6 is 0 Å². The van der Waals surface area contributed by atoms with Crippen molar-refractivity contribution in [3.05, 3.63) is 0 Å². The molecule has 0 bridgehead atoms. The van der Waals surface area contributed by atoms with E-state index in [4.69, 9.17) is 5.11 Å². The number of carboxylic acids is 1. The fourth-order valence-electron chi connectivity index (χ4n) is 2.16. The van der Waals surface area contributed by atoms with Gasteiger partial charge in [-0.3, -0.25) is 9.59 Å². The summed E-state index contributed by atoms with van der Waals surface area (Å²) < 4.78 is 0. The highest BCUT2D eigenvalue weighted by Gasteiger charge is 2.45. The third-order valence-electron chi connectivity index (χ3n) is 3.38. The summed E-state index contributed by atoms with van der Waals surface area (Å²) in [6.45, 7) is 2.33. The molecule has 1 aliphatic carbocycles. The normalized spacial score (nSPS) is 29.0. The van der Waals surface area contributed by atoms with Crippen molar-refractivity contribution in [3.63, 3.8) is 0 Å². The molecule has 2 unspecified atom stereocenters. The van der Waals surface area contributed by atoms with E-state index in [1.165, 1.54) is 0 Å². The van der Waals surface area contributed by atoms with Gasteiger partial charge in [-0.15, -0.1) is 0 Å². The van der Waals surface area contributed by atoms with Crippen molar-refractivity contribution >= 4 is 11.9 Å². The summed E-state index contributed by atoms with van der Waals surface area (Å²) >= 11 is 0. The number of carbonyl (C=O) groups is 2. The summed E-state index contributed by atoms with van der Waals surface area (Å²) in [6.07, 6.45) is 2.65. The number of hydrogen-bond donors (Lipinski definition) is 3. The van der Waals surface area contributed by atoms with Crippen molar-refractivity contribution in [1.82, 2.24) is 10.6 Å². The lowest BCUT2D eigenvalue weighted by Gasteiger charge is -2.27. The zero-order valence-electron chi connectivity index (χ0n) is 9.88. The maximum Gasteiger partial charge on any atom is 0.311 e. The second-order valence-electron chi connectivity index (χ2n) is 4.59. The Kier molecular flexibility index (Phi) is 4.29. The van der Waals surface area contributed by atoms with E-state index in [0.717, 1.165) is 12.8 Å².